The molecule has 0 aliphatic rings. The number of pyridine rings is 1. The second kappa shape index (κ2) is 11.4. The number of hydrogen-bond donors (Lipinski definition) is 1. The molecule has 1 aromatic heterocycles. The summed E-state index contributed by atoms with van der Waals surface area (Å²) in [6.07, 6.45) is -0.0128. The van der Waals surface area contributed by atoms with Gasteiger partial charge in [0.25, 0.3) is 5.92 Å². The molecule has 0 amide bonds. The van der Waals surface area contributed by atoms with Crippen molar-refractivity contribution in [3.63, 3.8) is 0 Å². The maximum absolute atomic E-state index is 14.5. The number of hydrogen-bond acceptors (Lipinski definition) is 5. The van der Waals surface area contributed by atoms with Crippen molar-refractivity contribution in [3.05, 3.63) is 75.6 Å². The second-order valence-corrected chi connectivity index (χ2v) is 10.1. The van der Waals surface area contributed by atoms with Crippen molar-refractivity contribution in [3.8, 4) is 0 Å². The number of aromatic amines is 1. The lowest BCUT2D eigenvalue weighted by Crippen LogP contribution is -2.36. The van der Waals surface area contributed by atoms with Crippen molar-refractivity contribution in [2.24, 2.45) is 0 Å². The summed E-state index contributed by atoms with van der Waals surface area (Å²) in [5, 5.41) is 0.292. The largest absolute Gasteiger partial charge is 0.383 e. The molecule has 0 unspecified atom stereocenters. The lowest BCUT2D eigenvalue weighted by atomic mass is 9.97. The number of nitrogens with zero attached hydrogens (tertiary/aromatic N) is 1. The van der Waals surface area contributed by atoms with Gasteiger partial charge in [0.1, 0.15) is 0 Å². The van der Waals surface area contributed by atoms with Gasteiger partial charge in [-0.3, -0.25) is 4.79 Å². The first-order chi connectivity index (χ1) is 16.6. The van der Waals surface area contributed by atoms with Crippen molar-refractivity contribution >= 4 is 20.9 Å². The molecule has 7 nitrogen and oxygen atoms in total. The number of methoxy groups -OCH3 is 2. The van der Waals surface area contributed by atoms with Crippen LogP contribution in [-0.2, 0) is 31.8 Å². The highest BCUT2D eigenvalue weighted by Gasteiger charge is 2.31. The van der Waals surface area contributed by atoms with E-state index >= 15 is 0 Å². The summed E-state index contributed by atoms with van der Waals surface area (Å²) in [4.78, 5) is 14.6. The average Bonchev–Trinajstić information content (AvgIpc) is 2.84. The molecule has 1 N–H and O–H groups in total. The highest BCUT2D eigenvalue weighted by Crippen LogP contribution is 2.35. The van der Waals surface area contributed by atoms with E-state index in [4.69, 9.17) is 9.47 Å². The van der Waals surface area contributed by atoms with Gasteiger partial charge < -0.3 is 14.5 Å². The molecule has 10 heteroatoms. The predicted octanol–water partition coefficient (Wildman–Crippen LogP) is 3.90. The Hall–Kier alpha value is -2.66. The molecule has 0 aliphatic heterocycles. The Morgan fingerprint density at radius 3 is 2.11 bits per heavy atom. The number of sulfonamides is 1. The Morgan fingerprint density at radius 1 is 0.943 bits per heavy atom. The van der Waals surface area contributed by atoms with Crippen molar-refractivity contribution in [2.75, 3.05) is 40.5 Å². The minimum absolute atomic E-state index is 0.148. The van der Waals surface area contributed by atoms with E-state index in [1.54, 1.807) is 30.3 Å². The third-order valence-electron chi connectivity index (χ3n) is 5.80. The average molecular weight is 509 g/mol. The summed E-state index contributed by atoms with van der Waals surface area (Å²) in [5.74, 6) is -3.13. The number of aromatic nitrogens is 1. The zero-order valence-electron chi connectivity index (χ0n) is 20.0. The smallest absolute Gasteiger partial charge is 0.273 e. The monoisotopic (exact) mass is 508 g/mol. The summed E-state index contributed by atoms with van der Waals surface area (Å²) in [5.41, 5.74) is 1.05. The van der Waals surface area contributed by atoms with Crippen LogP contribution in [0.5, 0.6) is 0 Å². The SMILES string of the molecule is CCC(F)(F)c1cc(=O)[nH]c2ccc(Cc3ccc(S(=O)(=O)N(CCOC)CCOC)cc3)cc12. The topological polar surface area (TPSA) is 88.7 Å². The van der Waals surface area contributed by atoms with E-state index < -0.39 is 27.9 Å². The Balaban J connectivity index is 1.88. The molecule has 0 aliphatic carbocycles. The van der Waals surface area contributed by atoms with E-state index in [1.807, 2.05) is 0 Å². The highest BCUT2D eigenvalue weighted by molar-refractivity contribution is 7.89. The third kappa shape index (κ3) is 6.32. The fourth-order valence-corrected chi connectivity index (χ4v) is 5.21. The summed E-state index contributed by atoms with van der Waals surface area (Å²) in [6, 6.07) is 12.4. The quantitative estimate of drug-likeness (QED) is 0.401. The molecule has 0 bridgehead atoms. The number of ether oxygens (including phenoxy) is 2. The van der Waals surface area contributed by atoms with E-state index in [0.29, 0.717) is 17.3 Å². The van der Waals surface area contributed by atoms with E-state index in [0.717, 1.165) is 17.2 Å². The van der Waals surface area contributed by atoms with E-state index in [9.17, 15) is 22.0 Å². The first-order valence-electron chi connectivity index (χ1n) is 11.2. The number of alkyl halides is 2. The van der Waals surface area contributed by atoms with Crippen molar-refractivity contribution < 1.29 is 26.7 Å². The van der Waals surface area contributed by atoms with Gasteiger partial charge in [-0.05, 0) is 41.8 Å². The van der Waals surface area contributed by atoms with Gasteiger partial charge in [-0.2, -0.15) is 4.31 Å². The Kier molecular flexibility index (Phi) is 8.76. The number of nitrogens with one attached hydrogen (secondary N) is 1. The van der Waals surface area contributed by atoms with Crippen LogP contribution in [0.4, 0.5) is 8.78 Å². The van der Waals surface area contributed by atoms with Crippen LogP contribution in [0.1, 0.15) is 30.0 Å². The molecule has 35 heavy (non-hydrogen) atoms. The summed E-state index contributed by atoms with van der Waals surface area (Å²) in [6.45, 7) is 2.29. The molecule has 0 fully saturated rings. The van der Waals surface area contributed by atoms with Gasteiger partial charge in [-0.25, -0.2) is 17.2 Å². The number of fused-ring (bicyclic) bond motifs is 1. The van der Waals surface area contributed by atoms with Crippen molar-refractivity contribution in [1.82, 2.24) is 9.29 Å². The Labute approximate surface area is 203 Å². The van der Waals surface area contributed by atoms with E-state index in [-0.39, 0.29) is 36.8 Å². The Morgan fingerprint density at radius 2 is 1.54 bits per heavy atom. The van der Waals surface area contributed by atoms with Crippen LogP contribution in [0.2, 0.25) is 0 Å². The normalized spacial score (nSPS) is 12.5. The summed E-state index contributed by atoms with van der Waals surface area (Å²) >= 11 is 0. The van der Waals surface area contributed by atoms with Gasteiger partial charge in [0, 0.05) is 56.3 Å². The van der Waals surface area contributed by atoms with Crippen LogP contribution in [0.15, 0.2) is 58.2 Å². The first-order valence-corrected chi connectivity index (χ1v) is 12.7. The van der Waals surface area contributed by atoms with Gasteiger partial charge in [0.15, 0.2) is 0 Å². The van der Waals surface area contributed by atoms with Gasteiger partial charge in [-0.1, -0.05) is 25.1 Å². The molecule has 190 valence electrons. The van der Waals surface area contributed by atoms with Crippen LogP contribution in [0.25, 0.3) is 10.9 Å². The van der Waals surface area contributed by atoms with Crippen LogP contribution in [0, 0.1) is 0 Å². The predicted molar refractivity (Wildman–Crippen MR) is 131 cm³/mol. The molecule has 0 spiro atoms. The Bertz CT molecular complexity index is 1300. The van der Waals surface area contributed by atoms with Gasteiger partial charge in [-0.15, -0.1) is 0 Å². The zero-order chi connectivity index (χ0) is 25.6. The molecule has 2 aromatic carbocycles. The number of halogens is 2. The standard InChI is InChI=1S/C25H30F2N2O5S/c1-4-25(26,27)22-17-24(30)28-23-10-7-19(16-21(22)23)15-18-5-8-20(9-6-18)35(31,32)29(11-13-33-2)12-14-34-3/h5-10,16-17H,4,11-15H2,1-3H3,(H,28,30). The van der Waals surface area contributed by atoms with Crippen LogP contribution < -0.4 is 5.56 Å². The van der Waals surface area contributed by atoms with Crippen LogP contribution in [0.3, 0.4) is 0 Å². The van der Waals surface area contributed by atoms with Crippen LogP contribution in [-0.4, -0.2) is 58.2 Å². The summed E-state index contributed by atoms with van der Waals surface area (Å²) < 4.78 is 66.5. The molecule has 0 saturated heterocycles. The summed E-state index contributed by atoms with van der Waals surface area (Å²) in [7, 11) is -0.723. The third-order valence-corrected chi connectivity index (χ3v) is 7.72. The molecule has 3 rings (SSSR count). The fourth-order valence-electron chi connectivity index (χ4n) is 3.81. The lowest BCUT2D eigenvalue weighted by Gasteiger charge is -2.21. The highest BCUT2D eigenvalue weighted by atomic mass is 32.2. The minimum atomic E-state index is -3.74. The molecule has 1 heterocycles. The van der Waals surface area contributed by atoms with E-state index in [1.165, 1.54) is 37.6 Å². The molecule has 0 atom stereocenters. The van der Waals surface area contributed by atoms with Gasteiger partial charge in [0.05, 0.1) is 18.1 Å². The maximum atomic E-state index is 14.5. The molecule has 0 radical (unpaired) electrons. The molecule has 0 saturated carbocycles. The van der Waals surface area contributed by atoms with E-state index in [2.05, 4.69) is 4.98 Å². The zero-order valence-corrected chi connectivity index (χ0v) is 20.8. The van der Waals surface area contributed by atoms with Gasteiger partial charge >= 0.3 is 0 Å². The van der Waals surface area contributed by atoms with Gasteiger partial charge in [0.2, 0.25) is 15.6 Å². The fraction of sp³-hybridized carbons (Fsp3) is 0.400. The number of rotatable bonds is 12. The second-order valence-electron chi connectivity index (χ2n) is 8.20. The molecule has 3 aromatic rings. The molecular weight excluding hydrogens is 478 g/mol. The van der Waals surface area contributed by atoms with Crippen LogP contribution >= 0.6 is 0 Å². The lowest BCUT2D eigenvalue weighted by molar-refractivity contribution is -0.00686. The number of benzene rings is 2. The van der Waals surface area contributed by atoms with Crippen molar-refractivity contribution in [1.29, 1.82) is 0 Å². The maximum Gasteiger partial charge on any atom is 0.273 e. The minimum Gasteiger partial charge on any atom is -0.383 e. The van der Waals surface area contributed by atoms with Crippen molar-refractivity contribution in [2.45, 2.75) is 30.6 Å². The first kappa shape index (κ1) is 26.9. The number of H-pyrrole nitrogens is 1. The molecular formula is C25H30F2N2O5S.